The van der Waals surface area contributed by atoms with Crippen LogP contribution in [0.3, 0.4) is 0 Å². The SMILES string of the molecule is Cc1cnc(C(O)c2ccnn2-c2ccccc2)c(C)c1. The lowest BCUT2D eigenvalue weighted by Gasteiger charge is -2.15. The maximum absolute atomic E-state index is 10.7. The maximum atomic E-state index is 10.7. The Bertz CT molecular complexity index is 750. The van der Waals surface area contributed by atoms with Gasteiger partial charge in [-0.1, -0.05) is 24.3 Å². The van der Waals surface area contributed by atoms with Crippen LogP contribution in [-0.4, -0.2) is 19.9 Å². The zero-order chi connectivity index (χ0) is 14.8. The lowest BCUT2D eigenvalue weighted by atomic mass is 10.1. The summed E-state index contributed by atoms with van der Waals surface area (Å²) in [6.07, 6.45) is 2.66. The van der Waals surface area contributed by atoms with Crippen LogP contribution >= 0.6 is 0 Å². The number of pyridine rings is 1. The van der Waals surface area contributed by atoms with Crippen LogP contribution in [0.25, 0.3) is 5.69 Å². The van der Waals surface area contributed by atoms with E-state index < -0.39 is 6.10 Å². The summed E-state index contributed by atoms with van der Waals surface area (Å²) in [5.41, 5.74) is 4.35. The second kappa shape index (κ2) is 5.50. The van der Waals surface area contributed by atoms with Crippen molar-refractivity contribution in [3.63, 3.8) is 0 Å². The lowest BCUT2D eigenvalue weighted by molar-refractivity contribution is 0.206. The number of aromatic nitrogens is 3. The molecule has 2 aromatic heterocycles. The van der Waals surface area contributed by atoms with Gasteiger partial charge in [-0.25, -0.2) is 4.68 Å². The van der Waals surface area contributed by atoms with Gasteiger partial charge in [0.15, 0.2) is 0 Å². The number of benzene rings is 1. The largest absolute Gasteiger partial charge is 0.380 e. The number of aliphatic hydroxyl groups excluding tert-OH is 1. The summed E-state index contributed by atoms with van der Waals surface area (Å²) in [5, 5.41) is 15.0. The smallest absolute Gasteiger partial charge is 0.138 e. The third kappa shape index (κ3) is 2.58. The average molecular weight is 279 g/mol. The van der Waals surface area contributed by atoms with E-state index in [9.17, 15) is 5.11 Å². The standard InChI is InChI=1S/C17H17N3O/c1-12-10-13(2)16(18-11-12)17(21)15-8-9-19-20(15)14-6-4-3-5-7-14/h3-11,17,21H,1-2H3. The van der Waals surface area contributed by atoms with Crippen LogP contribution in [0.4, 0.5) is 0 Å². The van der Waals surface area contributed by atoms with Crippen LogP contribution in [0, 0.1) is 13.8 Å². The Morgan fingerprint density at radius 3 is 2.57 bits per heavy atom. The zero-order valence-electron chi connectivity index (χ0n) is 12.1. The Hall–Kier alpha value is -2.46. The Morgan fingerprint density at radius 1 is 1.10 bits per heavy atom. The Kier molecular flexibility index (Phi) is 3.54. The van der Waals surface area contributed by atoms with Gasteiger partial charge in [-0.3, -0.25) is 4.98 Å². The van der Waals surface area contributed by atoms with Crippen molar-refractivity contribution in [1.82, 2.24) is 14.8 Å². The molecule has 0 bridgehead atoms. The molecule has 0 saturated heterocycles. The fourth-order valence-corrected chi connectivity index (χ4v) is 2.46. The lowest BCUT2D eigenvalue weighted by Crippen LogP contribution is -2.11. The number of hydrogen-bond donors (Lipinski definition) is 1. The number of hydrogen-bond acceptors (Lipinski definition) is 3. The summed E-state index contributed by atoms with van der Waals surface area (Å²) in [5.74, 6) is 0. The summed E-state index contributed by atoms with van der Waals surface area (Å²) >= 11 is 0. The number of para-hydroxylation sites is 1. The normalized spacial score (nSPS) is 12.3. The van der Waals surface area contributed by atoms with E-state index in [-0.39, 0.29) is 0 Å². The molecule has 1 unspecified atom stereocenters. The van der Waals surface area contributed by atoms with E-state index in [2.05, 4.69) is 10.1 Å². The molecular weight excluding hydrogens is 262 g/mol. The van der Waals surface area contributed by atoms with Gasteiger partial charge in [0.1, 0.15) is 6.10 Å². The molecule has 1 aromatic carbocycles. The van der Waals surface area contributed by atoms with Crippen molar-refractivity contribution in [3.05, 3.63) is 77.4 Å². The molecule has 4 heteroatoms. The quantitative estimate of drug-likeness (QED) is 0.802. The number of aliphatic hydroxyl groups is 1. The number of aryl methyl sites for hydroxylation is 2. The van der Waals surface area contributed by atoms with Gasteiger partial charge in [0.05, 0.1) is 17.1 Å². The highest BCUT2D eigenvalue weighted by Gasteiger charge is 2.19. The Balaban J connectivity index is 2.03. The summed E-state index contributed by atoms with van der Waals surface area (Å²) in [7, 11) is 0. The first-order chi connectivity index (χ1) is 10.2. The van der Waals surface area contributed by atoms with Crippen LogP contribution in [-0.2, 0) is 0 Å². The molecule has 3 aromatic rings. The van der Waals surface area contributed by atoms with Crippen molar-refractivity contribution in [2.45, 2.75) is 20.0 Å². The van der Waals surface area contributed by atoms with Crippen molar-refractivity contribution in [3.8, 4) is 5.69 Å². The molecule has 4 nitrogen and oxygen atoms in total. The number of rotatable bonds is 3. The average Bonchev–Trinajstić information content (AvgIpc) is 2.97. The molecule has 0 aliphatic heterocycles. The fourth-order valence-electron chi connectivity index (χ4n) is 2.46. The van der Waals surface area contributed by atoms with Crippen LogP contribution in [0.2, 0.25) is 0 Å². The molecule has 0 aliphatic carbocycles. The third-order valence-corrected chi connectivity index (χ3v) is 3.47. The molecule has 0 fully saturated rings. The first kappa shape index (κ1) is 13.5. The molecule has 3 rings (SSSR count). The number of nitrogens with zero attached hydrogens (tertiary/aromatic N) is 3. The van der Waals surface area contributed by atoms with Gasteiger partial charge in [-0.15, -0.1) is 0 Å². The highest BCUT2D eigenvalue weighted by atomic mass is 16.3. The Labute approximate surface area is 123 Å². The van der Waals surface area contributed by atoms with Gasteiger partial charge in [-0.05, 0) is 43.2 Å². The summed E-state index contributed by atoms with van der Waals surface area (Å²) < 4.78 is 1.74. The minimum atomic E-state index is -0.798. The highest BCUT2D eigenvalue weighted by Crippen LogP contribution is 2.25. The van der Waals surface area contributed by atoms with Crippen molar-refractivity contribution in [2.75, 3.05) is 0 Å². The van der Waals surface area contributed by atoms with Gasteiger partial charge >= 0.3 is 0 Å². The van der Waals surface area contributed by atoms with Gasteiger partial charge in [0.2, 0.25) is 0 Å². The molecule has 1 N–H and O–H groups in total. The van der Waals surface area contributed by atoms with Crippen LogP contribution in [0.5, 0.6) is 0 Å². The van der Waals surface area contributed by atoms with Crippen LogP contribution < -0.4 is 0 Å². The van der Waals surface area contributed by atoms with E-state index in [0.29, 0.717) is 11.4 Å². The first-order valence-corrected chi connectivity index (χ1v) is 6.87. The molecule has 0 spiro atoms. The molecule has 0 radical (unpaired) electrons. The second-order valence-electron chi connectivity index (χ2n) is 5.12. The van der Waals surface area contributed by atoms with Gasteiger partial charge in [0, 0.05) is 12.4 Å². The van der Waals surface area contributed by atoms with Crippen molar-refractivity contribution < 1.29 is 5.11 Å². The molecule has 106 valence electrons. The van der Waals surface area contributed by atoms with Gasteiger partial charge in [0.25, 0.3) is 0 Å². The fraction of sp³-hybridized carbons (Fsp3) is 0.176. The molecule has 0 aliphatic rings. The van der Waals surface area contributed by atoms with E-state index >= 15 is 0 Å². The molecule has 0 amide bonds. The summed E-state index contributed by atoms with van der Waals surface area (Å²) in [6, 6.07) is 13.6. The minimum Gasteiger partial charge on any atom is -0.380 e. The van der Waals surface area contributed by atoms with Crippen LogP contribution in [0.1, 0.15) is 28.6 Å². The monoisotopic (exact) mass is 279 g/mol. The predicted octanol–water partition coefficient (Wildman–Crippen LogP) is 2.97. The van der Waals surface area contributed by atoms with E-state index in [1.165, 1.54) is 0 Å². The van der Waals surface area contributed by atoms with E-state index in [1.807, 2.05) is 56.3 Å². The second-order valence-corrected chi connectivity index (χ2v) is 5.12. The van der Waals surface area contributed by atoms with E-state index in [1.54, 1.807) is 17.1 Å². The summed E-state index contributed by atoms with van der Waals surface area (Å²) in [6.45, 7) is 3.95. The Morgan fingerprint density at radius 2 is 1.86 bits per heavy atom. The van der Waals surface area contributed by atoms with Crippen molar-refractivity contribution in [1.29, 1.82) is 0 Å². The molecule has 21 heavy (non-hydrogen) atoms. The van der Waals surface area contributed by atoms with Gasteiger partial charge < -0.3 is 5.11 Å². The van der Waals surface area contributed by atoms with Gasteiger partial charge in [-0.2, -0.15) is 5.10 Å². The van der Waals surface area contributed by atoms with E-state index in [0.717, 1.165) is 16.8 Å². The minimum absolute atomic E-state index is 0.665. The molecule has 2 heterocycles. The topological polar surface area (TPSA) is 50.9 Å². The van der Waals surface area contributed by atoms with Crippen molar-refractivity contribution in [2.24, 2.45) is 0 Å². The van der Waals surface area contributed by atoms with Crippen LogP contribution in [0.15, 0.2) is 54.9 Å². The molecule has 1 atom stereocenters. The van der Waals surface area contributed by atoms with E-state index in [4.69, 9.17) is 0 Å². The summed E-state index contributed by atoms with van der Waals surface area (Å²) in [4.78, 5) is 4.38. The van der Waals surface area contributed by atoms with Crippen molar-refractivity contribution >= 4 is 0 Å². The predicted molar refractivity (Wildman–Crippen MR) is 81.3 cm³/mol. The first-order valence-electron chi connectivity index (χ1n) is 6.87. The zero-order valence-corrected chi connectivity index (χ0v) is 12.1. The molecular formula is C17H17N3O. The molecule has 0 saturated carbocycles. The highest BCUT2D eigenvalue weighted by molar-refractivity contribution is 5.36. The third-order valence-electron chi connectivity index (χ3n) is 3.47. The maximum Gasteiger partial charge on any atom is 0.138 e.